The van der Waals surface area contributed by atoms with Crippen LogP contribution in [0.1, 0.15) is 36.2 Å². The molecule has 1 aliphatic rings. The topological polar surface area (TPSA) is 66.5 Å². The quantitative estimate of drug-likeness (QED) is 0.887. The number of rotatable bonds is 5. The van der Waals surface area contributed by atoms with E-state index in [-0.39, 0.29) is 11.9 Å². The van der Waals surface area contributed by atoms with E-state index in [1.54, 1.807) is 16.4 Å². The fourth-order valence-corrected chi connectivity index (χ4v) is 6.06. The van der Waals surface area contributed by atoms with Crippen LogP contribution in [-0.4, -0.2) is 25.2 Å². The minimum absolute atomic E-state index is 0.0999. The zero-order valence-electron chi connectivity index (χ0n) is 13.4. The molecule has 1 fully saturated rings. The highest BCUT2D eigenvalue weighted by Gasteiger charge is 2.36. The number of nitrogens with zero attached hydrogens (tertiary/aromatic N) is 1. The monoisotopic (exact) mass is 364 g/mol. The maximum atomic E-state index is 13.0. The summed E-state index contributed by atoms with van der Waals surface area (Å²) in [7, 11) is -3.51. The predicted molar refractivity (Wildman–Crippen MR) is 94.1 cm³/mol. The molecule has 5 nitrogen and oxygen atoms in total. The number of hydrogen-bond donors (Lipinski definition) is 1. The van der Waals surface area contributed by atoms with E-state index in [4.69, 9.17) is 0 Å². The molecule has 128 valence electrons. The molecule has 0 bridgehead atoms. The van der Waals surface area contributed by atoms with Crippen molar-refractivity contribution >= 4 is 27.3 Å². The largest absolute Gasteiger partial charge is 0.351 e. The molecule has 0 radical (unpaired) electrons. The van der Waals surface area contributed by atoms with Crippen molar-refractivity contribution in [3.8, 4) is 0 Å². The Labute approximate surface area is 146 Å². The molecule has 1 aliphatic heterocycles. The van der Waals surface area contributed by atoms with E-state index in [9.17, 15) is 13.2 Å². The molecule has 1 aromatic heterocycles. The fourth-order valence-electron chi connectivity index (χ4n) is 2.96. The number of carbonyl (C=O) groups excluding carboxylic acids is 1. The highest BCUT2D eigenvalue weighted by molar-refractivity contribution is 7.91. The van der Waals surface area contributed by atoms with Crippen LogP contribution in [0.2, 0.25) is 0 Å². The molecule has 0 aliphatic carbocycles. The van der Waals surface area contributed by atoms with Crippen molar-refractivity contribution in [1.82, 2.24) is 9.62 Å². The van der Waals surface area contributed by atoms with Crippen LogP contribution < -0.4 is 5.32 Å². The van der Waals surface area contributed by atoms with Crippen molar-refractivity contribution in [2.75, 3.05) is 6.54 Å². The van der Waals surface area contributed by atoms with Gasteiger partial charge in [0.15, 0.2) is 0 Å². The molecular weight excluding hydrogens is 344 g/mol. The van der Waals surface area contributed by atoms with Crippen LogP contribution in [0.5, 0.6) is 0 Å². The van der Waals surface area contributed by atoms with Gasteiger partial charge in [-0.15, -0.1) is 11.3 Å². The fraction of sp³-hybridized carbons (Fsp3) is 0.353. The van der Waals surface area contributed by atoms with Gasteiger partial charge in [-0.3, -0.25) is 4.79 Å². The molecule has 3 rings (SSSR count). The molecule has 24 heavy (non-hydrogen) atoms. The third kappa shape index (κ3) is 3.53. The van der Waals surface area contributed by atoms with Gasteiger partial charge in [0.2, 0.25) is 5.91 Å². The summed E-state index contributed by atoms with van der Waals surface area (Å²) in [6, 6.07) is 13.1. The van der Waals surface area contributed by atoms with Gasteiger partial charge in [0.25, 0.3) is 10.0 Å². The molecule has 1 aromatic carbocycles. The van der Waals surface area contributed by atoms with Crippen LogP contribution in [0, 0.1) is 0 Å². The van der Waals surface area contributed by atoms with Crippen molar-refractivity contribution in [3.05, 3.63) is 52.9 Å². The Kier molecular flexibility index (Phi) is 5.03. The highest BCUT2D eigenvalue weighted by atomic mass is 32.2. The lowest BCUT2D eigenvalue weighted by molar-refractivity contribution is -0.119. The number of hydrogen-bond acceptors (Lipinski definition) is 4. The van der Waals surface area contributed by atoms with Crippen molar-refractivity contribution in [2.45, 2.75) is 36.6 Å². The number of sulfonamides is 1. The summed E-state index contributed by atoms with van der Waals surface area (Å²) in [6.07, 6.45) is 1.70. The van der Waals surface area contributed by atoms with Crippen LogP contribution in [-0.2, 0) is 21.4 Å². The van der Waals surface area contributed by atoms with E-state index in [1.165, 1.54) is 18.3 Å². The van der Waals surface area contributed by atoms with Gasteiger partial charge in [-0.25, -0.2) is 8.42 Å². The van der Waals surface area contributed by atoms with Gasteiger partial charge >= 0.3 is 0 Å². The molecule has 1 atom stereocenters. The molecule has 2 heterocycles. The summed E-state index contributed by atoms with van der Waals surface area (Å²) in [5, 5.41) is 2.69. The van der Waals surface area contributed by atoms with Crippen LogP contribution >= 0.6 is 11.3 Å². The maximum Gasteiger partial charge on any atom is 0.253 e. The van der Waals surface area contributed by atoms with Gasteiger partial charge in [0, 0.05) is 18.3 Å². The normalized spacial score (nSPS) is 18.6. The number of nitrogens with one attached hydrogen (secondary N) is 1. The molecule has 7 heteroatoms. The summed E-state index contributed by atoms with van der Waals surface area (Å²) < 4.78 is 28.0. The van der Waals surface area contributed by atoms with E-state index in [2.05, 4.69) is 5.32 Å². The Morgan fingerprint density at radius 1 is 1.25 bits per heavy atom. The van der Waals surface area contributed by atoms with Gasteiger partial charge in [-0.05, 0) is 30.5 Å². The lowest BCUT2D eigenvalue weighted by Gasteiger charge is -2.23. The molecule has 0 spiro atoms. The first-order valence-electron chi connectivity index (χ1n) is 7.88. The number of amides is 1. The molecular formula is C17H20N2O3S2. The molecule has 1 unspecified atom stereocenters. The van der Waals surface area contributed by atoms with Crippen molar-refractivity contribution in [1.29, 1.82) is 0 Å². The van der Waals surface area contributed by atoms with E-state index in [0.717, 1.165) is 23.3 Å². The minimum Gasteiger partial charge on any atom is -0.351 e. The molecule has 0 saturated carbocycles. The molecule has 1 N–H and O–H groups in total. The number of benzene rings is 1. The van der Waals surface area contributed by atoms with Gasteiger partial charge in [-0.1, -0.05) is 30.3 Å². The van der Waals surface area contributed by atoms with Gasteiger partial charge in [0.05, 0.1) is 12.6 Å². The van der Waals surface area contributed by atoms with Gasteiger partial charge in [0.1, 0.15) is 4.21 Å². The predicted octanol–water partition coefficient (Wildman–Crippen LogP) is 2.91. The average molecular weight is 364 g/mol. The zero-order chi connectivity index (χ0) is 17.2. The van der Waals surface area contributed by atoms with E-state index in [1.807, 2.05) is 30.3 Å². The van der Waals surface area contributed by atoms with Crippen molar-refractivity contribution in [2.24, 2.45) is 0 Å². The second-order valence-electron chi connectivity index (χ2n) is 5.81. The summed E-state index contributed by atoms with van der Waals surface area (Å²) in [4.78, 5) is 11.8. The summed E-state index contributed by atoms with van der Waals surface area (Å²) in [5.41, 5.74) is 1.04. The third-order valence-corrected chi connectivity index (χ3v) is 7.56. The second-order valence-corrected chi connectivity index (χ2v) is 9.10. The molecule has 2 aromatic rings. The second kappa shape index (κ2) is 7.04. The van der Waals surface area contributed by atoms with E-state index < -0.39 is 10.0 Å². The number of thiophene rings is 1. The lowest BCUT2D eigenvalue weighted by Crippen LogP contribution is -2.30. The Morgan fingerprint density at radius 2 is 2.00 bits per heavy atom. The molecule has 1 amide bonds. The van der Waals surface area contributed by atoms with E-state index in [0.29, 0.717) is 17.3 Å². The van der Waals surface area contributed by atoms with Crippen LogP contribution in [0.3, 0.4) is 0 Å². The van der Waals surface area contributed by atoms with E-state index >= 15 is 0 Å². The standard InChI is InChI=1S/C17H20N2O3S2/c1-13(20)18-12-15-9-10-17(23-15)24(21,22)19-11-5-8-16(19)14-6-3-2-4-7-14/h2-4,6-7,9-10,16H,5,8,11-12H2,1H3,(H,18,20). The third-order valence-electron chi connectivity index (χ3n) is 4.10. The summed E-state index contributed by atoms with van der Waals surface area (Å²) in [5.74, 6) is -0.128. The number of carbonyl (C=O) groups is 1. The zero-order valence-corrected chi connectivity index (χ0v) is 15.1. The van der Waals surface area contributed by atoms with Crippen LogP contribution in [0.4, 0.5) is 0 Å². The Balaban J connectivity index is 1.83. The maximum absolute atomic E-state index is 13.0. The first-order valence-corrected chi connectivity index (χ1v) is 10.1. The summed E-state index contributed by atoms with van der Waals surface area (Å²) in [6.45, 7) is 2.35. The first kappa shape index (κ1) is 17.1. The van der Waals surface area contributed by atoms with Crippen LogP contribution in [0.25, 0.3) is 0 Å². The minimum atomic E-state index is -3.51. The Morgan fingerprint density at radius 3 is 2.71 bits per heavy atom. The van der Waals surface area contributed by atoms with Gasteiger partial charge < -0.3 is 5.32 Å². The Bertz CT molecular complexity index is 815. The average Bonchev–Trinajstić information content (AvgIpc) is 3.23. The summed E-state index contributed by atoms with van der Waals surface area (Å²) >= 11 is 1.22. The van der Waals surface area contributed by atoms with Crippen molar-refractivity contribution < 1.29 is 13.2 Å². The Hall–Kier alpha value is -1.70. The van der Waals surface area contributed by atoms with Gasteiger partial charge in [-0.2, -0.15) is 4.31 Å². The smallest absolute Gasteiger partial charge is 0.253 e. The lowest BCUT2D eigenvalue weighted by atomic mass is 10.1. The first-order chi connectivity index (χ1) is 11.5. The molecule has 1 saturated heterocycles. The van der Waals surface area contributed by atoms with Crippen molar-refractivity contribution in [3.63, 3.8) is 0 Å². The highest BCUT2D eigenvalue weighted by Crippen LogP contribution is 2.38. The SMILES string of the molecule is CC(=O)NCc1ccc(S(=O)(=O)N2CCCC2c2ccccc2)s1. The van der Waals surface area contributed by atoms with Crippen LogP contribution in [0.15, 0.2) is 46.7 Å².